The molecule has 3 nitrogen and oxygen atoms in total. The second-order valence-corrected chi connectivity index (χ2v) is 10.8. The number of carboxylic acid groups (broad SMARTS) is 1. The predicted molar refractivity (Wildman–Crippen MR) is 123 cm³/mol. The van der Waals surface area contributed by atoms with Gasteiger partial charge in [-0.05, 0) is 65.2 Å². The molecule has 1 fully saturated rings. The number of carboxylic acids is 1. The highest BCUT2D eigenvalue weighted by Crippen LogP contribution is 2.56. The van der Waals surface area contributed by atoms with Crippen LogP contribution >= 0.6 is 0 Å². The van der Waals surface area contributed by atoms with Gasteiger partial charge in [0.05, 0.1) is 12.5 Å². The highest BCUT2D eigenvalue weighted by atomic mass is 16.4. The van der Waals surface area contributed by atoms with Crippen LogP contribution < -0.4 is 10.4 Å². The minimum atomic E-state index is -1.11. The first-order valence-corrected chi connectivity index (χ1v) is 12.0. The summed E-state index contributed by atoms with van der Waals surface area (Å²) in [6.07, 6.45) is 6.38. The molecular formula is C28H37NO2. The number of hydrogen-bond acceptors (Lipinski definition) is 2. The number of carbonyl (C=O) groups is 1. The number of aryl methyl sites for hydroxylation is 1. The van der Waals surface area contributed by atoms with Crippen LogP contribution in [-0.4, -0.2) is 12.5 Å². The SMILES string of the molecule is CC(C)c1ccc2c(c1)CC[C@@H]1[C@](C)(C[NH2+]Cc3ccc(C(=O)[O-])cc3)CCC[C@]21C. The van der Waals surface area contributed by atoms with E-state index in [0.29, 0.717) is 17.3 Å². The summed E-state index contributed by atoms with van der Waals surface area (Å²) in [6, 6.07) is 14.4. The molecule has 2 N–H and O–H groups in total. The van der Waals surface area contributed by atoms with Crippen LogP contribution in [0.15, 0.2) is 42.5 Å². The number of fused-ring (bicyclic) bond motifs is 3. The maximum absolute atomic E-state index is 11.0. The van der Waals surface area contributed by atoms with Crippen molar-refractivity contribution in [1.82, 2.24) is 0 Å². The van der Waals surface area contributed by atoms with Crippen molar-refractivity contribution in [3.63, 3.8) is 0 Å². The Labute approximate surface area is 187 Å². The zero-order valence-electron chi connectivity index (χ0n) is 19.5. The highest BCUT2D eigenvalue weighted by molar-refractivity contribution is 5.85. The second kappa shape index (κ2) is 8.43. The van der Waals surface area contributed by atoms with Crippen molar-refractivity contribution < 1.29 is 15.2 Å². The van der Waals surface area contributed by atoms with Gasteiger partial charge < -0.3 is 15.2 Å². The van der Waals surface area contributed by atoms with Crippen LogP contribution in [0, 0.1) is 11.3 Å². The molecule has 2 aliphatic carbocycles. The smallest absolute Gasteiger partial charge is 0.101 e. The van der Waals surface area contributed by atoms with E-state index in [-0.39, 0.29) is 11.0 Å². The van der Waals surface area contributed by atoms with E-state index < -0.39 is 5.97 Å². The van der Waals surface area contributed by atoms with Gasteiger partial charge in [-0.2, -0.15) is 0 Å². The van der Waals surface area contributed by atoms with Crippen molar-refractivity contribution in [2.75, 3.05) is 6.54 Å². The summed E-state index contributed by atoms with van der Waals surface area (Å²) >= 11 is 0. The third-order valence-electron chi connectivity index (χ3n) is 8.35. The molecule has 31 heavy (non-hydrogen) atoms. The van der Waals surface area contributed by atoms with Crippen molar-refractivity contribution in [2.45, 2.75) is 77.7 Å². The first-order valence-electron chi connectivity index (χ1n) is 12.0. The summed E-state index contributed by atoms with van der Waals surface area (Å²) in [7, 11) is 0. The maximum Gasteiger partial charge on any atom is 0.101 e. The van der Waals surface area contributed by atoms with E-state index in [9.17, 15) is 9.90 Å². The van der Waals surface area contributed by atoms with Gasteiger partial charge in [0.2, 0.25) is 0 Å². The van der Waals surface area contributed by atoms with Gasteiger partial charge in [-0.15, -0.1) is 0 Å². The predicted octanol–water partition coefficient (Wildman–Crippen LogP) is 3.95. The zero-order chi connectivity index (χ0) is 22.2. The molecule has 0 heterocycles. The van der Waals surface area contributed by atoms with Gasteiger partial charge in [0.15, 0.2) is 0 Å². The molecule has 2 aliphatic rings. The molecule has 0 spiro atoms. The molecule has 1 saturated carbocycles. The molecule has 0 bridgehead atoms. The molecule has 3 heteroatoms. The lowest BCUT2D eigenvalue weighted by Gasteiger charge is -2.54. The largest absolute Gasteiger partial charge is 0.545 e. The molecule has 4 rings (SSSR count). The van der Waals surface area contributed by atoms with Crippen molar-refractivity contribution >= 4 is 5.97 Å². The van der Waals surface area contributed by atoms with Gasteiger partial charge in [-0.3, -0.25) is 0 Å². The molecular weight excluding hydrogens is 382 g/mol. The number of carbonyl (C=O) groups excluding carboxylic acids is 1. The Morgan fingerprint density at radius 1 is 1.13 bits per heavy atom. The molecule has 2 aromatic carbocycles. The number of aromatic carboxylic acids is 1. The Bertz CT molecular complexity index is 948. The normalized spacial score (nSPS) is 27.6. The number of nitrogens with two attached hydrogens (primary N) is 1. The minimum Gasteiger partial charge on any atom is -0.545 e. The maximum atomic E-state index is 11.0. The molecule has 0 unspecified atom stereocenters. The lowest BCUT2D eigenvalue weighted by Crippen LogP contribution is -2.86. The Balaban J connectivity index is 1.48. The molecule has 0 saturated heterocycles. The van der Waals surface area contributed by atoms with Crippen molar-refractivity contribution in [3.05, 3.63) is 70.3 Å². The van der Waals surface area contributed by atoms with E-state index in [4.69, 9.17) is 0 Å². The van der Waals surface area contributed by atoms with E-state index in [1.165, 1.54) is 43.2 Å². The summed E-state index contributed by atoms with van der Waals surface area (Å²) in [5, 5.41) is 13.4. The summed E-state index contributed by atoms with van der Waals surface area (Å²) < 4.78 is 0. The monoisotopic (exact) mass is 419 g/mol. The lowest BCUT2D eigenvalue weighted by molar-refractivity contribution is -0.683. The number of hydrogen-bond donors (Lipinski definition) is 1. The van der Waals surface area contributed by atoms with Gasteiger partial charge in [0.25, 0.3) is 0 Å². The van der Waals surface area contributed by atoms with E-state index in [1.54, 1.807) is 23.3 Å². The standard InChI is InChI=1S/C28H37NO2/c1-19(2)22-10-12-24-23(16-22)11-13-25-27(3,14-5-15-28(24,25)4)18-29-17-20-6-8-21(9-7-20)26(30)31/h6-10,12,16,19,25,29H,5,11,13-15,17-18H2,1-4H3,(H,30,31)/t25-,27+,28-/m1/s1. The van der Waals surface area contributed by atoms with Gasteiger partial charge >= 0.3 is 0 Å². The lowest BCUT2D eigenvalue weighted by atomic mass is 9.49. The quantitative estimate of drug-likeness (QED) is 0.771. The average Bonchev–Trinajstić information content (AvgIpc) is 2.73. The molecule has 166 valence electrons. The first kappa shape index (κ1) is 22.1. The number of quaternary nitrogens is 1. The van der Waals surface area contributed by atoms with Crippen molar-refractivity contribution in [2.24, 2.45) is 11.3 Å². The van der Waals surface area contributed by atoms with Gasteiger partial charge in [-0.1, -0.05) is 76.6 Å². The Hall–Kier alpha value is -2.13. The summed E-state index contributed by atoms with van der Waals surface area (Å²) in [5.74, 6) is 0.188. The topological polar surface area (TPSA) is 56.7 Å². The van der Waals surface area contributed by atoms with E-state index in [0.717, 1.165) is 13.1 Å². The zero-order valence-corrected chi connectivity index (χ0v) is 19.5. The number of rotatable bonds is 6. The van der Waals surface area contributed by atoms with Crippen LogP contribution in [0.25, 0.3) is 0 Å². The van der Waals surface area contributed by atoms with Gasteiger partial charge in [-0.25, -0.2) is 0 Å². The van der Waals surface area contributed by atoms with Crippen LogP contribution in [0.1, 0.15) is 91.9 Å². The summed E-state index contributed by atoms with van der Waals surface area (Å²) in [4.78, 5) is 11.0. The molecule has 0 radical (unpaired) electrons. The van der Waals surface area contributed by atoms with Crippen LogP contribution in [-0.2, 0) is 18.4 Å². The summed E-state index contributed by atoms with van der Waals surface area (Å²) in [6.45, 7) is 11.6. The fourth-order valence-electron chi connectivity index (χ4n) is 6.59. The third kappa shape index (κ3) is 4.17. The van der Waals surface area contributed by atoms with E-state index >= 15 is 0 Å². The highest BCUT2D eigenvalue weighted by Gasteiger charge is 2.52. The van der Waals surface area contributed by atoms with Gasteiger partial charge in [0, 0.05) is 11.0 Å². The van der Waals surface area contributed by atoms with Crippen molar-refractivity contribution in [1.29, 1.82) is 0 Å². The Morgan fingerprint density at radius 3 is 2.55 bits per heavy atom. The van der Waals surface area contributed by atoms with E-state index in [1.807, 2.05) is 12.1 Å². The number of benzene rings is 2. The minimum absolute atomic E-state index is 0.250. The molecule has 0 aliphatic heterocycles. The molecule has 3 atom stereocenters. The molecule has 0 amide bonds. The average molecular weight is 420 g/mol. The second-order valence-electron chi connectivity index (χ2n) is 10.8. The fraction of sp³-hybridized carbons (Fsp3) is 0.536. The van der Waals surface area contributed by atoms with Crippen LogP contribution in [0.2, 0.25) is 0 Å². The Kier molecular flexibility index (Phi) is 6.00. The molecule has 2 aromatic rings. The Morgan fingerprint density at radius 2 is 1.87 bits per heavy atom. The van der Waals surface area contributed by atoms with Crippen LogP contribution in [0.5, 0.6) is 0 Å². The first-order chi connectivity index (χ1) is 14.7. The third-order valence-corrected chi connectivity index (χ3v) is 8.35. The van der Waals surface area contributed by atoms with Crippen LogP contribution in [0.3, 0.4) is 0 Å². The van der Waals surface area contributed by atoms with E-state index in [2.05, 4.69) is 51.2 Å². The van der Waals surface area contributed by atoms with Gasteiger partial charge in [0.1, 0.15) is 6.54 Å². The molecule has 0 aromatic heterocycles. The van der Waals surface area contributed by atoms with Crippen LogP contribution in [0.4, 0.5) is 0 Å². The fourth-order valence-corrected chi connectivity index (χ4v) is 6.59. The van der Waals surface area contributed by atoms with Crippen molar-refractivity contribution in [3.8, 4) is 0 Å². The summed E-state index contributed by atoms with van der Waals surface area (Å²) in [5.41, 5.74) is 6.69.